The number of carboxylic acid groups (broad SMARTS) is 1. The second-order valence-electron chi connectivity index (χ2n) is 8.16. The molecule has 3 heterocycles. The maximum atomic E-state index is 12.5. The molecule has 0 aromatic rings. The van der Waals surface area contributed by atoms with E-state index in [-0.39, 0.29) is 18.1 Å². The highest BCUT2D eigenvalue weighted by atomic mass is 19.4. The van der Waals surface area contributed by atoms with Crippen LogP contribution in [-0.2, 0) is 19.2 Å². The van der Waals surface area contributed by atoms with Gasteiger partial charge in [-0.3, -0.25) is 14.5 Å². The second-order valence-corrected chi connectivity index (χ2v) is 8.16. The lowest BCUT2D eigenvalue weighted by Gasteiger charge is -2.37. The Labute approximate surface area is 168 Å². The van der Waals surface area contributed by atoms with Crippen molar-refractivity contribution in [3.8, 4) is 0 Å². The number of rotatable bonds is 2. The monoisotopic (exact) mass is 422 g/mol. The summed E-state index contributed by atoms with van der Waals surface area (Å²) < 4.78 is 37.9. The molecule has 1 amide bonds. The Balaban J connectivity index is 0.000000298. The van der Waals surface area contributed by atoms with Gasteiger partial charge in [-0.15, -0.1) is 0 Å². The fourth-order valence-corrected chi connectivity index (χ4v) is 4.65. The van der Waals surface area contributed by atoms with Gasteiger partial charge in [-0.1, -0.05) is 12.8 Å². The molecule has 4 aliphatic rings. The molecule has 0 radical (unpaired) electrons. The first-order valence-electron chi connectivity index (χ1n) is 10.4. The zero-order chi connectivity index (χ0) is 21.0. The van der Waals surface area contributed by atoms with Crippen molar-refractivity contribution in [1.29, 1.82) is 0 Å². The molecule has 10 heteroatoms. The van der Waals surface area contributed by atoms with E-state index in [4.69, 9.17) is 19.5 Å². The SMILES string of the molecule is O=C(O)C(F)(F)F.O=C([C@H]1C[C@@H]2CCN(C3CCCC3)C[C@H]2O1)N1CCCCO1. The Bertz CT molecular complexity index is 577. The van der Waals surface area contributed by atoms with Crippen molar-refractivity contribution in [2.24, 2.45) is 5.92 Å². The zero-order valence-corrected chi connectivity index (χ0v) is 16.4. The summed E-state index contributed by atoms with van der Waals surface area (Å²) in [6, 6.07) is 0.768. The third kappa shape index (κ3) is 5.82. The highest BCUT2D eigenvalue weighted by Gasteiger charge is 2.44. The van der Waals surface area contributed by atoms with Crippen LogP contribution < -0.4 is 0 Å². The van der Waals surface area contributed by atoms with Gasteiger partial charge in [0.2, 0.25) is 0 Å². The largest absolute Gasteiger partial charge is 0.490 e. The van der Waals surface area contributed by atoms with Gasteiger partial charge in [0.05, 0.1) is 12.7 Å². The molecular weight excluding hydrogens is 393 g/mol. The fourth-order valence-electron chi connectivity index (χ4n) is 4.65. The minimum Gasteiger partial charge on any atom is -0.475 e. The summed E-state index contributed by atoms with van der Waals surface area (Å²) in [7, 11) is 0. The Morgan fingerprint density at radius 1 is 1.00 bits per heavy atom. The number of carbonyl (C=O) groups excluding carboxylic acids is 1. The maximum Gasteiger partial charge on any atom is 0.490 e. The van der Waals surface area contributed by atoms with Crippen LogP contribution in [0, 0.1) is 5.92 Å². The van der Waals surface area contributed by atoms with Crippen LogP contribution in [0.3, 0.4) is 0 Å². The molecule has 4 rings (SSSR count). The van der Waals surface area contributed by atoms with Crippen LogP contribution in [0.1, 0.15) is 51.4 Å². The molecule has 1 aliphatic carbocycles. The first-order chi connectivity index (χ1) is 13.8. The van der Waals surface area contributed by atoms with Crippen LogP contribution in [0.5, 0.6) is 0 Å². The molecule has 4 fully saturated rings. The molecule has 3 saturated heterocycles. The van der Waals surface area contributed by atoms with E-state index in [2.05, 4.69) is 4.90 Å². The van der Waals surface area contributed by atoms with E-state index in [0.29, 0.717) is 12.5 Å². The van der Waals surface area contributed by atoms with E-state index in [9.17, 15) is 18.0 Å². The standard InChI is InChI=1S/C17H28N2O3.C2HF3O2/c20-17(19-8-3-4-10-21-19)15-11-13-7-9-18(12-16(13)22-15)14-5-1-2-6-14;3-2(4,5)1(6)7/h13-16H,1-12H2;(H,6,7)/t13-,15+,16+;/m0./s1. The van der Waals surface area contributed by atoms with Crippen molar-refractivity contribution >= 4 is 11.9 Å². The topological polar surface area (TPSA) is 79.3 Å². The molecule has 0 aromatic heterocycles. The average Bonchev–Trinajstić information content (AvgIpc) is 3.37. The lowest BCUT2D eigenvalue weighted by Crippen LogP contribution is -2.46. The zero-order valence-electron chi connectivity index (χ0n) is 16.4. The third-order valence-corrected chi connectivity index (χ3v) is 6.19. The van der Waals surface area contributed by atoms with Crippen LogP contribution >= 0.6 is 0 Å². The summed E-state index contributed by atoms with van der Waals surface area (Å²) >= 11 is 0. The number of amides is 1. The summed E-state index contributed by atoms with van der Waals surface area (Å²) in [5, 5.41) is 8.68. The number of likely N-dealkylation sites (tertiary alicyclic amines) is 1. The fraction of sp³-hybridized carbons (Fsp3) is 0.895. The first-order valence-corrected chi connectivity index (χ1v) is 10.4. The smallest absolute Gasteiger partial charge is 0.475 e. The van der Waals surface area contributed by atoms with Gasteiger partial charge >= 0.3 is 12.1 Å². The van der Waals surface area contributed by atoms with E-state index in [1.54, 1.807) is 5.06 Å². The molecule has 7 nitrogen and oxygen atoms in total. The average molecular weight is 422 g/mol. The van der Waals surface area contributed by atoms with Gasteiger partial charge in [-0.2, -0.15) is 13.2 Å². The molecule has 0 unspecified atom stereocenters. The van der Waals surface area contributed by atoms with Crippen molar-refractivity contribution in [3.63, 3.8) is 0 Å². The predicted molar refractivity (Wildman–Crippen MR) is 95.8 cm³/mol. The molecule has 3 aliphatic heterocycles. The predicted octanol–water partition coefficient (Wildman–Crippen LogP) is 2.60. The Kier molecular flexibility index (Phi) is 7.39. The van der Waals surface area contributed by atoms with Gasteiger partial charge in [0.1, 0.15) is 6.10 Å². The lowest BCUT2D eigenvalue weighted by atomic mass is 9.90. The van der Waals surface area contributed by atoms with Crippen LogP contribution in [-0.4, -0.2) is 77.6 Å². The van der Waals surface area contributed by atoms with Crippen molar-refractivity contribution < 1.29 is 37.4 Å². The quantitative estimate of drug-likeness (QED) is 0.737. The van der Waals surface area contributed by atoms with Crippen molar-refractivity contribution in [3.05, 3.63) is 0 Å². The van der Waals surface area contributed by atoms with Gasteiger partial charge in [0.15, 0.2) is 0 Å². The van der Waals surface area contributed by atoms with Crippen LogP contribution in [0.25, 0.3) is 0 Å². The minimum atomic E-state index is -5.08. The number of hydrogen-bond acceptors (Lipinski definition) is 5. The number of hydrogen-bond donors (Lipinski definition) is 1. The van der Waals surface area contributed by atoms with Gasteiger partial charge in [-0.05, 0) is 51.0 Å². The molecule has 29 heavy (non-hydrogen) atoms. The highest BCUT2D eigenvalue weighted by molar-refractivity contribution is 5.80. The summed E-state index contributed by atoms with van der Waals surface area (Å²) in [5.74, 6) is -2.13. The number of piperidine rings is 1. The summed E-state index contributed by atoms with van der Waals surface area (Å²) in [6.07, 6.45) is 4.53. The molecule has 3 atom stereocenters. The van der Waals surface area contributed by atoms with E-state index < -0.39 is 12.1 Å². The molecule has 1 N–H and O–H groups in total. The molecular formula is C19H29F3N2O5. The minimum absolute atomic E-state index is 0.0570. The van der Waals surface area contributed by atoms with Crippen LogP contribution in [0.2, 0.25) is 0 Å². The number of carboxylic acids is 1. The third-order valence-electron chi connectivity index (χ3n) is 6.19. The molecule has 1 saturated carbocycles. The summed E-state index contributed by atoms with van der Waals surface area (Å²) in [4.78, 5) is 29.6. The number of fused-ring (bicyclic) bond motifs is 1. The number of halogens is 3. The van der Waals surface area contributed by atoms with Gasteiger partial charge in [-0.25, -0.2) is 9.86 Å². The van der Waals surface area contributed by atoms with Crippen LogP contribution in [0.4, 0.5) is 13.2 Å². The maximum absolute atomic E-state index is 12.5. The van der Waals surface area contributed by atoms with Crippen molar-refractivity contribution in [2.75, 3.05) is 26.2 Å². The number of nitrogens with zero attached hydrogens (tertiary/aromatic N) is 2. The number of alkyl halides is 3. The molecule has 0 spiro atoms. The second kappa shape index (κ2) is 9.61. The first kappa shape index (κ1) is 22.3. The lowest BCUT2D eigenvalue weighted by molar-refractivity contribution is -0.206. The van der Waals surface area contributed by atoms with E-state index in [1.807, 2.05) is 0 Å². The number of aliphatic carboxylic acids is 1. The number of carbonyl (C=O) groups is 2. The van der Waals surface area contributed by atoms with Crippen LogP contribution in [0.15, 0.2) is 0 Å². The summed E-state index contributed by atoms with van der Waals surface area (Å²) in [6.45, 7) is 3.61. The highest BCUT2D eigenvalue weighted by Crippen LogP contribution is 2.36. The van der Waals surface area contributed by atoms with Crippen molar-refractivity contribution in [1.82, 2.24) is 9.96 Å². The Morgan fingerprint density at radius 2 is 1.69 bits per heavy atom. The van der Waals surface area contributed by atoms with Gasteiger partial charge < -0.3 is 9.84 Å². The number of hydroxylamine groups is 2. The Morgan fingerprint density at radius 3 is 2.28 bits per heavy atom. The van der Waals surface area contributed by atoms with Gasteiger partial charge in [0, 0.05) is 19.1 Å². The molecule has 0 aromatic carbocycles. The normalized spacial score (nSPS) is 31.1. The van der Waals surface area contributed by atoms with E-state index in [0.717, 1.165) is 38.4 Å². The van der Waals surface area contributed by atoms with Crippen molar-refractivity contribution in [2.45, 2.75) is 75.8 Å². The Hall–Kier alpha value is -1.39. The van der Waals surface area contributed by atoms with E-state index in [1.165, 1.54) is 38.6 Å². The number of ether oxygens (including phenoxy) is 1. The molecule has 0 bridgehead atoms. The van der Waals surface area contributed by atoms with Gasteiger partial charge in [0.25, 0.3) is 5.91 Å². The summed E-state index contributed by atoms with van der Waals surface area (Å²) in [5.41, 5.74) is 0. The molecule has 166 valence electrons. The van der Waals surface area contributed by atoms with E-state index >= 15 is 0 Å².